The number of hydrogen-bond donors (Lipinski definition) is 1. The van der Waals surface area contributed by atoms with Crippen LogP contribution in [0, 0.1) is 5.92 Å². The molecule has 0 amide bonds. The number of carboxylic acid groups (broad SMARTS) is 1. The number of ether oxygens (including phenoxy) is 1. The van der Waals surface area contributed by atoms with Crippen molar-refractivity contribution in [2.24, 2.45) is 5.92 Å². The van der Waals surface area contributed by atoms with E-state index in [0.717, 1.165) is 11.3 Å². The van der Waals surface area contributed by atoms with Crippen molar-refractivity contribution in [3.05, 3.63) is 29.8 Å². The number of esters is 1. The van der Waals surface area contributed by atoms with Gasteiger partial charge >= 0.3 is 11.9 Å². The number of rotatable bonds is 11. The minimum atomic E-state index is -1.00. The Morgan fingerprint density at radius 2 is 1.68 bits per heavy atom. The minimum Gasteiger partial charge on any atom is -0.481 e. The molecule has 0 heterocycles. The second-order valence-electron chi connectivity index (χ2n) is 6.01. The molecule has 1 rings (SSSR count). The van der Waals surface area contributed by atoms with Crippen molar-refractivity contribution in [3.63, 3.8) is 0 Å². The Morgan fingerprint density at radius 1 is 1.12 bits per heavy atom. The molecule has 1 N–H and O–H groups in total. The molecule has 0 saturated carbocycles. The molecule has 5 nitrogen and oxygen atoms in total. The number of carboxylic acids is 1. The van der Waals surface area contributed by atoms with Crippen LogP contribution in [0.4, 0.5) is 5.69 Å². The van der Waals surface area contributed by atoms with E-state index in [0.29, 0.717) is 24.8 Å². The molecule has 25 heavy (non-hydrogen) atoms. The van der Waals surface area contributed by atoms with Crippen LogP contribution in [0.25, 0.3) is 0 Å². The molecule has 1 aromatic rings. The quantitative estimate of drug-likeness (QED) is 0.462. The van der Waals surface area contributed by atoms with Gasteiger partial charge in [0.25, 0.3) is 0 Å². The molecule has 7 heteroatoms. The van der Waals surface area contributed by atoms with Crippen LogP contribution in [0.2, 0.25) is 0 Å². The number of alkyl halides is 2. The highest BCUT2D eigenvalue weighted by Gasteiger charge is 2.23. The number of hydrogen-bond acceptors (Lipinski definition) is 4. The molecule has 1 atom stereocenters. The average molecular weight is 390 g/mol. The third-order valence-electron chi connectivity index (χ3n) is 3.62. The Hall–Kier alpha value is -1.46. The summed E-state index contributed by atoms with van der Waals surface area (Å²) >= 11 is 11.6. The number of carbonyl (C=O) groups excluding carboxylic acids is 1. The van der Waals surface area contributed by atoms with Crippen molar-refractivity contribution < 1.29 is 19.4 Å². The van der Waals surface area contributed by atoms with Crippen LogP contribution < -0.4 is 4.90 Å². The summed E-state index contributed by atoms with van der Waals surface area (Å²) < 4.78 is 5.04. The topological polar surface area (TPSA) is 66.8 Å². The molecule has 0 aliphatic heterocycles. The molecule has 0 fully saturated rings. The summed E-state index contributed by atoms with van der Waals surface area (Å²) in [6.45, 7) is 4.85. The van der Waals surface area contributed by atoms with Gasteiger partial charge in [0.15, 0.2) is 0 Å². The summed E-state index contributed by atoms with van der Waals surface area (Å²) in [5.41, 5.74) is 1.83. The zero-order valence-corrected chi connectivity index (χ0v) is 16.1. The predicted octanol–water partition coefficient (Wildman–Crippen LogP) is 3.56. The van der Waals surface area contributed by atoms with E-state index in [2.05, 4.69) is 4.90 Å². The Labute approximate surface area is 158 Å². The lowest BCUT2D eigenvalue weighted by Crippen LogP contribution is -2.27. The first-order valence-electron chi connectivity index (χ1n) is 8.25. The summed E-state index contributed by atoms with van der Waals surface area (Å²) in [5.74, 6) is -1.31. The second kappa shape index (κ2) is 11.2. The van der Waals surface area contributed by atoms with Crippen LogP contribution in [-0.2, 0) is 20.7 Å². The van der Waals surface area contributed by atoms with Crippen LogP contribution in [0.3, 0.4) is 0 Å². The maximum Gasteiger partial charge on any atom is 0.307 e. The molecule has 0 aromatic heterocycles. The zero-order valence-electron chi connectivity index (χ0n) is 14.6. The SMILES string of the molecule is CC(C)OC(=O)C[C@@H](Cc1ccc(N(CCCl)CCCl)cc1)C(=O)O. The fourth-order valence-corrected chi connectivity index (χ4v) is 2.87. The van der Waals surface area contributed by atoms with Crippen molar-refractivity contribution >= 4 is 40.8 Å². The van der Waals surface area contributed by atoms with Gasteiger partial charge < -0.3 is 14.7 Å². The number of nitrogens with zero attached hydrogens (tertiary/aromatic N) is 1. The van der Waals surface area contributed by atoms with Gasteiger partial charge in [-0.05, 0) is 38.0 Å². The highest BCUT2D eigenvalue weighted by atomic mass is 35.5. The molecule has 0 aliphatic carbocycles. The van der Waals surface area contributed by atoms with Gasteiger partial charge in [-0.1, -0.05) is 12.1 Å². The normalized spacial score (nSPS) is 12.0. The molecule has 0 bridgehead atoms. The van der Waals surface area contributed by atoms with Gasteiger partial charge in [-0.25, -0.2) is 0 Å². The van der Waals surface area contributed by atoms with Crippen LogP contribution in [0.1, 0.15) is 25.8 Å². The minimum absolute atomic E-state index is 0.139. The average Bonchev–Trinajstić information content (AvgIpc) is 2.54. The van der Waals surface area contributed by atoms with E-state index in [-0.39, 0.29) is 18.9 Å². The number of halogens is 2. The van der Waals surface area contributed by atoms with Crippen molar-refractivity contribution in [2.75, 3.05) is 29.7 Å². The van der Waals surface area contributed by atoms with Crippen LogP contribution >= 0.6 is 23.2 Å². The van der Waals surface area contributed by atoms with Crippen LogP contribution in [-0.4, -0.2) is 48.0 Å². The van der Waals surface area contributed by atoms with E-state index in [4.69, 9.17) is 27.9 Å². The van der Waals surface area contributed by atoms with Gasteiger partial charge in [0, 0.05) is 30.5 Å². The molecular formula is C18H25Cl2NO4. The van der Waals surface area contributed by atoms with Crippen LogP contribution in [0.5, 0.6) is 0 Å². The molecule has 0 unspecified atom stereocenters. The smallest absolute Gasteiger partial charge is 0.307 e. The Morgan fingerprint density at radius 3 is 2.12 bits per heavy atom. The van der Waals surface area contributed by atoms with Crippen molar-refractivity contribution in [3.8, 4) is 0 Å². The van der Waals surface area contributed by atoms with E-state index in [1.807, 2.05) is 24.3 Å². The van der Waals surface area contributed by atoms with Crippen LogP contribution in [0.15, 0.2) is 24.3 Å². The number of carbonyl (C=O) groups is 2. The zero-order chi connectivity index (χ0) is 18.8. The molecule has 140 valence electrons. The summed E-state index contributed by atoms with van der Waals surface area (Å²) in [4.78, 5) is 25.2. The largest absolute Gasteiger partial charge is 0.481 e. The number of anilines is 1. The number of benzene rings is 1. The van der Waals surface area contributed by atoms with Gasteiger partial charge in [0.05, 0.1) is 18.4 Å². The van der Waals surface area contributed by atoms with Crippen molar-refractivity contribution in [2.45, 2.75) is 32.8 Å². The number of aliphatic carboxylic acids is 1. The fourth-order valence-electron chi connectivity index (χ4n) is 2.46. The predicted molar refractivity (Wildman–Crippen MR) is 101 cm³/mol. The summed E-state index contributed by atoms with van der Waals surface area (Å²) in [5, 5.41) is 9.36. The second-order valence-corrected chi connectivity index (χ2v) is 6.77. The fraction of sp³-hybridized carbons (Fsp3) is 0.556. The third-order valence-corrected chi connectivity index (χ3v) is 3.96. The Balaban J connectivity index is 2.75. The molecular weight excluding hydrogens is 365 g/mol. The van der Waals surface area contributed by atoms with E-state index < -0.39 is 17.9 Å². The van der Waals surface area contributed by atoms with Crippen molar-refractivity contribution in [1.29, 1.82) is 0 Å². The monoisotopic (exact) mass is 389 g/mol. The molecule has 0 spiro atoms. The van der Waals surface area contributed by atoms with Gasteiger partial charge in [0.2, 0.25) is 0 Å². The van der Waals surface area contributed by atoms with E-state index in [1.165, 1.54) is 0 Å². The molecule has 0 radical (unpaired) electrons. The first kappa shape index (κ1) is 21.6. The Bertz CT molecular complexity index is 543. The molecule has 1 aromatic carbocycles. The van der Waals surface area contributed by atoms with Gasteiger partial charge in [-0.2, -0.15) is 0 Å². The summed E-state index contributed by atoms with van der Waals surface area (Å²) in [7, 11) is 0. The summed E-state index contributed by atoms with van der Waals surface area (Å²) in [6.07, 6.45) is -0.121. The third kappa shape index (κ3) is 7.97. The van der Waals surface area contributed by atoms with E-state index in [9.17, 15) is 14.7 Å². The summed E-state index contributed by atoms with van der Waals surface area (Å²) in [6, 6.07) is 7.57. The van der Waals surface area contributed by atoms with Gasteiger partial charge in [-0.3, -0.25) is 9.59 Å². The lowest BCUT2D eigenvalue weighted by molar-refractivity contribution is -0.154. The van der Waals surface area contributed by atoms with Gasteiger partial charge in [0.1, 0.15) is 0 Å². The first-order valence-corrected chi connectivity index (χ1v) is 9.32. The van der Waals surface area contributed by atoms with Crippen molar-refractivity contribution in [1.82, 2.24) is 0 Å². The highest BCUT2D eigenvalue weighted by molar-refractivity contribution is 6.18. The Kier molecular flexibility index (Phi) is 9.68. The van der Waals surface area contributed by atoms with E-state index >= 15 is 0 Å². The lowest BCUT2D eigenvalue weighted by atomic mass is 9.96. The molecule has 0 saturated heterocycles. The maximum atomic E-state index is 11.7. The highest BCUT2D eigenvalue weighted by Crippen LogP contribution is 2.19. The lowest BCUT2D eigenvalue weighted by Gasteiger charge is -2.23. The first-order chi connectivity index (χ1) is 11.9. The van der Waals surface area contributed by atoms with Gasteiger partial charge in [-0.15, -0.1) is 23.2 Å². The standard InChI is InChI=1S/C18H25Cl2NO4/c1-13(2)25-17(22)12-15(18(23)24)11-14-3-5-16(6-4-14)21(9-7-19)10-8-20/h3-6,13,15H,7-12H2,1-2H3,(H,23,24)/t15-/m1/s1. The van der Waals surface area contributed by atoms with E-state index in [1.54, 1.807) is 13.8 Å². The molecule has 0 aliphatic rings. The maximum absolute atomic E-state index is 11.7.